The van der Waals surface area contributed by atoms with Crippen LogP contribution in [-0.2, 0) is 15.0 Å². The van der Waals surface area contributed by atoms with E-state index in [-0.39, 0.29) is 22.6 Å². The zero-order valence-electron chi connectivity index (χ0n) is 58.9. The molecule has 0 saturated heterocycles. The first kappa shape index (κ1) is 72.9. The first-order valence-corrected chi connectivity index (χ1v) is 39.4. The zero-order valence-corrected chi connectivity index (χ0v) is 60.5. The number of hydrogen-bond donors (Lipinski definition) is 0. The molecule has 0 radical (unpaired) electrons. The molecular weight excluding hydrogens is 1130 g/mol. The van der Waals surface area contributed by atoms with Crippen LogP contribution < -0.4 is 20.2 Å². The molecule has 4 aromatic rings. The summed E-state index contributed by atoms with van der Waals surface area (Å²) in [7, 11) is 0. The van der Waals surface area contributed by atoms with Gasteiger partial charge in [-0.25, -0.2) is 0 Å². The maximum atomic E-state index is 15.9. The van der Waals surface area contributed by atoms with Gasteiger partial charge in [-0.1, -0.05) is 307 Å². The number of thioether (sulfide) groups is 1. The molecule has 4 unspecified atom stereocenters. The lowest BCUT2D eigenvalue weighted by Crippen LogP contribution is -2.35. The molecular formula is C81H128N2O4S2. The summed E-state index contributed by atoms with van der Waals surface area (Å²) in [5.41, 5.74) is 3.07. The summed E-state index contributed by atoms with van der Waals surface area (Å²) in [5.74, 6) is 4.21. The van der Waals surface area contributed by atoms with E-state index in [0.29, 0.717) is 58.8 Å². The van der Waals surface area contributed by atoms with Gasteiger partial charge in [0.2, 0.25) is 0 Å². The maximum absolute atomic E-state index is 15.9. The molecule has 0 spiro atoms. The number of thiophene rings is 1. The SMILES string of the molecule is CCCCCCCCCCCCC(CCCCCCCCCC)CN1C(=O)C(c2ccc(-c3cc4c(s3)C(C)C(C(C)(C)C)S4)o2)=c2cc3c(cc21)=C(c1ccc(C(C)(C)C)o1)C(=O)N3CC(CCCCCCCCCC)CCCCCCCCCCCC. The molecule has 0 aliphatic carbocycles. The van der Waals surface area contributed by atoms with Gasteiger partial charge in [0.05, 0.1) is 27.4 Å². The minimum Gasteiger partial charge on any atom is -0.460 e. The predicted molar refractivity (Wildman–Crippen MR) is 387 cm³/mol. The van der Waals surface area contributed by atoms with Crippen molar-refractivity contribution >= 4 is 57.4 Å². The number of carbonyl (C=O) groups excluding carboxylic acids is 2. The van der Waals surface area contributed by atoms with Crippen LogP contribution in [0.1, 0.15) is 361 Å². The van der Waals surface area contributed by atoms with Crippen LogP contribution in [0.4, 0.5) is 11.4 Å². The fraction of sp³-hybridized carbons (Fsp3) is 0.728. The van der Waals surface area contributed by atoms with Gasteiger partial charge in [0.15, 0.2) is 0 Å². The highest BCUT2D eigenvalue weighted by molar-refractivity contribution is 8.00. The van der Waals surface area contributed by atoms with Crippen molar-refractivity contribution in [1.29, 1.82) is 0 Å². The summed E-state index contributed by atoms with van der Waals surface area (Å²) in [5, 5.41) is 2.33. The molecule has 4 atom stereocenters. The number of fused-ring (bicyclic) bond motifs is 3. The number of furan rings is 2. The van der Waals surface area contributed by atoms with Crippen molar-refractivity contribution in [2.24, 2.45) is 17.3 Å². The minimum atomic E-state index is -0.223. The second-order valence-electron chi connectivity index (χ2n) is 30.3. The summed E-state index contributed by atoms with van der Waals surface area (Å²) in [4.78, 5) is 39.9. The van der Waals surface area contributed by atoms with Gasteiger partial charge in [0, 0.05) is 49.9 Å². The van der Waals surface area contributed by atoms with E-state index in [1.54, 1.807) is 0 Å². The van der Waals surface area contributed by atoms with Gasteiger partial charge in [-0.3, -0.25) is 9.59 Å². The highest BCUT2D eigenvalue weighted by atomic mass is 32.2. The third-order valence-electron chi connectivity index (χ3n) is 20.3. The van der Waals surface area contributed by atoms with Crippen LogP contribution in [0, 0.1) is 17.3 Å². The van der Waals surface area contributed by atoms with Gasteiger partial charge in [0.1, 0.15) is 23.0 Å². The van der Waals surface area contributed by atoms with E-state index in [9.17, 15) is 0 Å². The van der Waals surface area contributed by atoms with Crippen molar-refractivity contribution in [3.63, 3.8) is 0 Å². The van der Waals surface area contributed by atoms with E-state index < -0.39 is 0 Å². The Hall–Kier alpha value is -3.49. The number of carbonyl (C=O) groups is 2. The van der Waals surface area contributed by atoms with E-state index in [4.69, 9.17) is 8.83 Å². The van der Waals surface area contributed by atoms with E-state index in [0.717, 1.165) is 63.9 Å². The van der Waals surface area contributed by atoms with Gasteiger partial charge in [-0.2, -0.15) is 0 Å². The fourth-order valence-corrected chi connectivity index (χ4v) is 17.8. The normalized spacial score (nSPS) is 16.6. The van der Waals surface area contributed by atoms with E-state index >= 15 is 9.59 Å². The van der Waals surface area contributed by atoms with Crippen LogP contribution in [0.25, 0.3) is 21.8 Å². The molecule has 3 aromatic heterocycles. The largest absolute Gasteiger partial charge is 0.460 e. The van der Waals surface area contributed by atoms with Gasteiger partial charge in [-0.05, 0) is 85.4 Å². The molecule has 0 bridgehead atoms. The quantitative estimate of drug-likeness (QED) is 0.0412. The maximum Gasteiger partial charge on any atom is 0.262 e. The third kappa shape index (κ3) is 21.8. The summed E-state index contributed by atoms with van der Waals surface area (Å²) in [6, 6.07) is 15.1. The molecule has 7 rings (SSSR count). The van der Waals surface area contributed by atoms with Gasteiger partial charge in [0.25, 0.3) is 11.8 Å². The second kappa shape index (κ2) is 38.0. The molecule has 0 fully saturated rings. The van der Waals surface area contributed by atoms with Crippen molar-refractivity contribution in [3.8, 4) is 10.6 Å². The van der Waals surface area contributed by atoms with E-state index in [1.807, 2.05) is 29.2 Å². The Balaban J connectivity index is 1.25. The molecule has 2 amide bonds. The summed E-state index contributed by atoms with van der Waals surface area (Å²) in [6.07, 6.45) is 51.6. The van der Waals surface area contributed by atoms with E-state index in [1.165, 1.54) is 241 Å². The fourth-order valence-electron chi connectivity index (χ4n) is 14.8. The lowest BCUT2D eigenvalue weighted by atomic mass is 9.84. The van der Waals surface area contributed by atoms with Crippen molar-refractivity contribution in [2.45, 2.75) is 354 Å². The molecule has 0 N–H and O–H groups in total. The Morgan fingerprint density at radius 1 is 0.438 bits per heavy atom. The second-order valence-corrected chi connectivity index (χ2v) is 32.5. The molecule has 3 aliphatic rings. The monoisotopic (exact) mass is 1260 g/mol. The average Bonchev–Trinajstić information content (AvgIpc) is 1.65. The number of rotatable bonds is 47. The van der Waals surface area contributed by atoms with Crippen molar-refractivity contribution < 1.29 is 18.4 Å². The zero-order chi connectivity index (χ0) is 63.6. The Labute approximate surface area is 552 Å². The number of hydrogen-bond acceptors (Lipinski definition) is 6. The first-order chi connectivity index (χ1) is 43.1. The molecule has 3 aliphatic heterocycles. The van der Waals surface area contributed by atoms with Crippen molar-refractivity contribution in [3.05, 3.63) is 75.1 Å². The topological polar surface area (TPSA) is 66.9 Å². The lowest BCUT2D eigenvalue weighted by molar-refractivity contribution is -0.114. The number of unbranched alkanes of at least 4 members (excludes halogenated alkanes) is 32. The van der Waals surface area contributed by atoms with Crippen molar-refractivity contribution in [1.82, 2.24) is 0 Å². The highest BCUT2D eigenvalue weighted by Crippen LogP contribution is 2.56. The summed E-state index contributed by atoms with van der Waals surface area (Å²) < 4.78 is 13.8. The Morgan fingerprint density at radius 3 is 1.11 bits per heavy atom. The van der Waals surface area contributed by atoms with Crippen molar-refractivity contribution in [2.75, 3.05) is 22.9 Å². The first-order valence-electron chi connectivity index (χ1n) is 37.7. The Kier molecular flexibility index (Phi) is 31.2. The molecule has 89 heavy (non-hydrogen) atoms. The molecule has 6 heterocycles. The molecule has 1 aromatic carbocycles. The van der Waals surface area contributed by atoms with E-state index in [2.05, 4.69) is 122 Å². The number of amides is 2. The van der Waals surface area contributed by atoms with Gasteiger partial charge in [-0.15, -0.1) is 23.1 Å². The highest BCUT2D eigenvalue weighted by Gasteiger charge is 2.42. The smallest absolute Gasteiger partial charge is 0.262 e. The van der Waals surface area contributed by atoms with Crippen LogP contribution in [0.5, 0.6) is 0 Å². The molecule has 6 nitrogen and oxygen atoms in total. The number of nitrogens with zero attached hydrogens (tertiary/aromatic N) is 2. The number of anilines is 2. The number of benzene rings is 1. The summed E-state index contributed by atoms with van der Waals surface area (Å²) in [6.45, 7) is 26.6. The molecule has 0 saturated carbocycles. The minimum absolute atomic E-state index is 0.0282. The van der Waals surface area contributed by atoms with Crippen LogP contribution in [0.2, 0.25) is 0 Å². The predicted octanol–water partition coefficient (Wildman–Crippen LogP) is 24.5. The average molecular weight is 1260 g/mol. The van der Waals surface area contributed by atoms with Gasteiger partial charge >= 0.3 is 0 Å². The van der Waals surface area contributed by atoms with Crippen LogP contribution in [0.15, 0.2) is 56.2 Å². The Bertz CT molecular complexity index is 2830. The lowest BCUT2D eigenvalue weighted by Gasteiger charge is -2.29. The van der Waals surface area contributed by atoms with Crippen LogP contribution in [-0.4, -0.2) is 30.2 Å². The molecule has 498 valence electrons. The standard InChI is InChI=1S/C81H128N2O4S2/c1-12-16-20-24-28-32-34-38-42-46-50-62(48-44-40-36-30-26-22-18-14-3)59-82-66-57-65-67(56-64(66)74(78(82)84)69-53-52-68(86-69)71-58-72-76(88-71)61(5)77(89-72)81(9,10)11)83(79(85)75(65)70-54-55-73(87-70)80(6,7)8)60-63(49-45-41-37-31-27-23-19-15-4)51-47-43-39-35-33-29-25-21-17-13-2/h52-58,61-63,77H,12-51,59-60H2,1-11H3. The molecule has 8 heteroatoms. The summed E-state index contributed by atoms with van der Waals surface area (Å²) >= 11 is 3.88. The third-order valence-corrected chi connectivity index (χ3v) is 23.7. The van der Waals surface area contributed by atoms with Crippen LogP contribution in [0.3, 0.4) is 0 Å². The van der Waals surface area contributed by atoms with Gasteiger partial charge < -0.3 is 18.6 Å². The Morgan fingerprint density at radius 2 is 0.775 bits per heavy atom. The van der Waals surface area contributed by atoms with Crippen LogP contribution >= 0.6 is 23.1 Å².